The van der Waals surface area contributed by atoms with Gasteiger partial charge < -0.3 is 29.5 Å². The Kier molecular flexibility index (Phi) is 8.13. The van der Waals surface area contributed by atoms with Gasteiger partial charge in [-0.25, -0.2) is 4.79 Å². The highest BCUT2D eigenvalue weighted by Crippen LogP contribution is 2.51. The molecule has 166 valence electrons. The largest absolute Gasteiger partial charge is 0.497 e. The summed E-state index contributed by atoms with van der Waals surface area (Å²) in [5, 5.41) is 29.4. The summed E-state index contributed by atoms with van der Waals surface area (Å²) in [6, 6.07) is 7.23. The van der Waals surface area contributed by atoms with Crippen LogP contribution in [0.1, 0.15) is 25.7 Å². The van der Waals surface area contributed by atoms with Gasteiger partial charge in [-0.15, -0.1) is 0 Å². The fourth-order valence-corrected chi connectivity index (χ4v) is 4.87. The molecule has 2 aliphatic carbocycles. The summed E-state index contributed by atoms with van der Waals surface area (Å²) in [6.45, 7) is 0.337. The number of ether oxygens (including phenoxy) is 3. The lowest BCUT2D eigenvalue weighted by atomic mass is 9.89. The standard InChI is InChI=1S/C23H32O7/c1-28-18-3-2-4-19(12-18)30-13-17(24)5-6-20-21-10-15(7-8-29-14-23(26)27)9-16(21)11-22(20)25/h2-6,12,15-17,20-22,24-25H,7-11,13-14H2,1H3,(H,26,27)/t15?,16-,17?,20+,21+,22+/m0/s1. The summed E-state index contributed by atoms with van der Waals surface area (Å²) < 4.78 is 16.0. The van der Waals surface area contributed by atoms with Crippen LogP contribution in [0.5, 0.6) is 11.5 Å². The van der Waals surface area contributed by atoms with Crippen molar-refractivity contribution < 1.29 is 34.3 Å². The monoisotopic (exact) mass is 420 g/mol. The molecule has 0 saturated heterocycles. The molecule has 0 bridgehead atoms. The summed E-state index contributed by atoms with van der Waals surface area (Å²) in [7, 11) is 1.59. The van der Waals surface area contributed by atoms with Crippen LogP contribution in [0.15, 0.2) is 36.4 Å². The van der Waals surface area contributed by atoms with Crippen molar-refractivity contribution in [3.8, 4) is 11.5 Å². The molecule has 2 unspecified atom stereocenters. The number of carboxylic acid groups (broad SMARTS) is 1. The number of fused-ring (bicyclic) bond motifs is 1. The molecule has 6 atom stereocenters. The van der Waals surface area contributed by atoms with Gasteiger partial charge in [-0.1, -0.05) is 18.2 Å². The summed E-state index contributed by atoms with van der Waals surface area (Å²) >= 11 is 0. The molecule has 7 nitrogen and oxygen atoms in total. The Morgan fingerprint density at radius 3 is 2.83 bits per heavy atom. The van der Waals surface area contributed by atoms with Gasteiger partial charge in [0.25, 0.3) is 0 Å². The second kappa shape index (κ2) is 10.8. The quantitative estimate of drug-likeness (QED) is 0.373. The predicted octanol–water partition coefficient (Wildman–Crippen LogP) is 2.51. The van der Waals surface area contributed by atoms with Crippen LogP contribution in [0.2, 0.25) is 0 Å². The highest BCUT2D eigenvalue weighted by molar-refractivity contribution is 5.67. The Bertz CT molecular complexity index is 719. The van der Waals surface area contributed by atoms with Gasteiger partial charge in [0.1, 0.15) is 30.8 Å². The molecular formula is C23H32O7. The molecule has 1 aromatic rings. The summed E-state index contributed by atoms with van der Waals surface area (Å²) in [4.78, 5) is 10.5. The Labute approximate surface area is 177 Å². The van der Waals surface area contributed by atoms with Crippen LogP contribution in [0.4, 0.5) is 0 Å². The molecule has 0 radical (unpaired) electrons. The van der Waals surface area contributed by atoms with E-state index < -0.39 is 12.1 Å². The summed E-state index contributed by atoms with van der Waals surface area (Å²) in [6.07, 6.45) is 6.20. The molecule has 0 spiro atoms. The van der Waals surface area contributed by atoms with Crippen LogP contribution in [-0.2, 0) is 9.53 Å². The number of methoxy groups -OCH3 is 1. The minimum absolute atomic E-state index is 0.0337. The van der Waals surface area contributed by atoms with Crippen LogP contribution in [0.25, 0.3) is 0 Å². The van der Waals surface area contributed by atoms with E-state index in [4.69, 9.17) is 19.3 Å². The van der Waals surface area contributed by atoms with E-state index in [9.17, 15) is 15.0 Å². The molecular weight excluding hydrogens is 388 g/mol. The summed E-state index contributed by atoms with van der Waals surface area (Å²) in [5.41, 5.74) is 0. The molecule has 0 heterocycles. The van der Waals surface area contributed by atoms with Crippen molar-refractivity contribution in [2.45, 2.75) is 37.9 Å². The van der Waals surface area contributed by atoms with Crippen molar-refractivity contribution in [3.05, 3.63) is 36.4 Å². The maximum Gasteiger partial charge on any atom is 0.329 e. The Morgan fingerprint density at radius 1 is 1.27 bits per heavy atom. The molecule has 7 heteroatoms. The van der Waals surface area contributed by atoms with E-state index in [1.807, 2.05) is 24.3 Å². The van der Waals surface area contributed by atoms with E-state index in [2.05, 4.69) is 0 Å². The average Bonchev–Trinajstić information content (AvgIpc) is 3.24. The lowest BCUT2D eigenvalue weighted by Crippen LogP contribution is -2.20. The first-order valence-electron chi connectivity index (χ1n) is 10.6. The van der Waals surface area contributed by atoms with Gasteiger partial charge in [-0.05, 0) is 55.6 Å². The topological polar surface area (TPSA) is 105 Å². The second-order valence-electron chi connectivity index (χ2n) is 8.32. The molecule has 0 amide bonds. The molecule has 0 aliphatic heterocycles. The first kappa shape index (κ1) is 22.6. The zero-order chi connectivity index (χ0) is 21.5. The minimum Gasteiger partial charge on any atom is -0.497 e. The van der Waals surface area contributed by atoms with E-state index in [0.29, 0.717) is 35.9 Å². The van der Waals surface area contributed by atoms with E-state index in [1.165, 1.54) is 0 Å². The average molecular weight is 421 g/mol. The zero-order valence-electron chi connectivity index (χ0n) is 17.4. The van der Waals surface area contributed by atoms with Gasteiger partial charge in [0, 0.05) is 18.6 Å². The fraction of sp³-hybridized carbons (Fsp3) is 0.609. The third-order valence-electron chi connectivity index (χ3n) is 6.24. The van der Waals surface area contributed by atoms with Crippen molar-refractivity contribution in [1.82, 2.24) is 0 Å². The highest BCUT2D eigenvalue weighted by Gasteiger charge is 2.46. The lowest BCUT2D eigenvalue weighted by Gasteiger charge is -2.19. The highest BCUT2D eigenvalue weighted by atomic mass is 16.5. The predicted molar refractivity (Wildman–Crippen MR) is 111 cm³/mol. The third kappa shape index (κ3) is 6.20. The molecule has 1 aromatic carbocycles. The van der Waals surface area contributed by atoms with Gasteiger partial charge >= 0.3 is 5.97 Å². The van der Waals surface area contributed by atoms with Gasteiger partial charge in [-0.3, -0.25) is 0 Å². The molecule has 2 aliphatic rings. The minimum atomic E-state index is -0.944. The molecule has 3 N–H and O–H groups in total. The number of hydrogen-bond acceptors (Lipinski definition) is 6. The van der Waals surface area contributed by atoms with Gasteiger partial charge in [0.2, 0.25) is 0 Å². The third-order valence-corrected chi connectivity index (χ3v) is 6.24. The van der Waals surface area contributed by atoms with Crippen LogP contribution in [-0.4, -0.2) is 60.4 Å². The normalized spacial score (nSPS) is 29.1. The van der Waals surface area contributed by atoms with E-state index in [0.717, 1.165) is 25.7 Å². The number of aliphatic hydroxyl groups excluding tert-OH is 2. The fourth-order valence-electron chi connectivity index (χ4n) is 4.87. The number of aliphatic carboxylic acids is 1. The number of carboxylic acids is 1. The zero-order valence-corrected chi connectivity index (χ0v) is 17.4. The van der Waals surface area contributed by atoms with Crippen molar-refractivity contribution in [2.75, 3.05) is 26.9 Å². The first-order valence-corrected chi connectivity index (χ1v) is 10.6. The van der Waals surface area contributed by atoms with Crippen LogP contribution in [0, 0.1) is 23.7 Å². The molecule has 2 fully saturated rings. The van der Waals surface area contributed by atoms with Crippen LogP contribution < -0.4 is 9.47 Å². The molecule has 30 heavy (non-hydrogen) atoms. The molecule has 3 rings (SSSR count). The number of aliphatic hydroxyl groups is 2. The van der Waals surface area contributed by atoms with Gasteiger partial charge in [-0.2, -0.15) is 0 Å². The van der Waals surface area contributed by atoms with Gasteiger partial charge in [0.15, 0.2) is 0 Å². The SMILES string of the molecule is COc1cccc(OCC(O)C=C[C@@H]2[C@@H]3CC(CCOCC(=O)O)C[C@H]3C[C@H]2O)c1. The van der Waals surface area contributed by atoms with Crippen molar-refractivity contribution >= 4 is 5.97 Å². The Morgan fingerprint density at radius 2 is 2.07 bits per heavy atom. The van der Waals surface area contributed by atoms with Crippen LogP contribution >= 0.6 is 0 Å². The maximum absolute atomic E-state index is 10.5. The summed E-state index contributed by atoms with van der Waals surface area (Å²) in [5.74, 6) is 1.79. The number of benzene rings is 1. The second-order valence-corrected chi connectivity index (χ2v) is 8.32. The van der Waals surface area contributed by atoms with Gasteiger partial charge in [0.05, 0.1) is 13.2 Å². The Hall–Kier alpha value is -2.09. The lowest BCUT2D eigenvalue weighted by molar-refractivity contribution is -0.142. The van der Waals surface area contributed by atoms with Crippen molar-refractivity contribution in [1.29, 1.82) is 0 Å². The van der Waals surface area contributed by atoms with Crippen LogP contribution in [0.3, 0.4) is 0 Å². The Balaban J connectivity index is 1.45. The maximum atomic E-state index is 10.5. The smallest absolute Gasteiger partial charge is 0.329 e. The van der Waals surface area contributed by atoms with E-state index in [-0.39, 0.29) is 25.2 Å². The van der Waals surface area contributed by atoms with E-state index in [1.54, 1.807) is 19.3 Å². The molecule has 0 aromatic heterocycles. The molecule has 2 saturated carbocycles. The van der Waals surface area contributed by atoms with Crippen molar-refractivity contribution in [2.24, 2.45) is 23.7 Å². The van der Waals surface area contributed by atoms with E-state index >= 15 is 0 Å². The number of rotatable bonds is 11. The number of hydrogen-bond donors (Lipinski definition) is 3. The first-order chi connectivity index (χ1) is 14.5. The van der Waals surface area contributed by atoms with Crippen molar-refractivity contribution in [3.63, 3.8) is 0 Å². The number of carbonyl (C=O) groups is 1.